The van der Waals surface area contributed by atoms with Crippen molar-refractivity contribution in [3.05, 3.63) is 12.2 Å². The lowest BCUT2D eigenvalue weighted by molar-refractivity contribution is 0.429. The molecular formula is C11H20N4. The summed E-state index contributed by atoms with van der Waals surface area (Å²) in [5, 5.41) is 7.77. The van der Waals surface area contributed by atoms with E-state index >= 15 is 0 Å². The zero-order chi connectivity index (χ0) is 10.7. The summed E-state index contributed by atoms with van der Waals surface area (Å²) in [6, 6.07) is 1.20. The molecule has 0 bridgehead atoms. The van der Waals surface area contributed by atoms with Gasteiger partial charge in [-0.2, -0.15) is 5.10 Å². The van der Waals surface area contributed by atoms with Gasteiger partial charge in [-0.1, -0.05) is 13.3 Å². The Kier molecular flexibility index (Phi) is 3.36. The van der Waals surface area contributed by atoms with Crippen LogP contribution < -0.4 is 5.32 Å². The van der Waals surface area contributed by atoms with Gasteiger partial charge in [0.25, 0.3) is 0 Å². The molecule has 1 aliphatic carbocycles. The van der Waals surface area contributed by atoms with Gasteiger partial charge in [0.05, 0.1) is 12.6 Å². The summed E-state index contributed by atoms with van der Waals surface area (Å²) in [5.41, 5.74) is 0. The number of rotatable bonds is 6. The molecule has 0 spiro atoms. The standard InChI is InChI=1S/C11H20N4/c1-3-4-9(2)15-11(13-8-14-15)7-12-10-5-6-10/h8-10,12H,3-7H2,1-2H3. The van der Waals surface area contributed by atoms with E-state index in [0.29, 0.717) is 6.04 Å². The summed E-state index contributed by atoms with van der Waals surface area (Å²) in [6.07, 6.45) is 6.66. The highest BCUT2D eigenvalue weighted by molar-refractivity contribution is 4.90. The second kappa shape index (κ2) is 4.75. The highest BCUT2D eigenvalue weighted by atomic mass is 15.4. The number of nitrogens with zero attached hydrogens (tertiary/aromatic N) is 3. The third kappa shape index (κ3) is 2.78. The molecule has 1 N–H and O–H groups in total. The van der Waals surface area contributed by atoms with Crippen LogP contribution in [-0.2, 0) is 6.54 Å². The normalized spacial score (nSPS) is 18.0. The number of hydrogen-bond donors (Lipinski definition) is 1. The summed E-state index contributed by atoms with van der Waals surface area (Å²) >= 11 is 0. The lowest BCUT2D eigenvalue weighted by Crippen LogP contribution is -2.20. The molecule has 0 aromatic carbocycles. The summed E-state index contributed by atoms with van der Waals surface area (Å²) in [7, 11) is 0. The zero-order valence-electron chi connectivity index (χ0n) is 9.61. The lowest BCUT2D eigenvalue weighted by Gasteiger charge is -2.13. The van der Waals surface area contributed by atoms with E-state index in [4.69, 9.17) is 0 Å². The van der Waals surface area contributed by atoms with Crippen molar-refractivity contribution in [2.75, 3.05) is 0 Å². The second-order valence-electron chi connectivity index (χ2n) is 4.41. The molecule has 2 rings (SSSR count). The van der Waals surface area contributed by atoms with Crippen LogP contribution in [0.4, 0.5) is 0 Å². The van der Waals surface area contributed by atoms with E-state index in [1.54, 1.807) is 6.33 Å². The topological polar surface area (TPSA) is 42.7 Å². The molecule has 0 saturated heterocycles. The molecule has 1 atom stereocenters. The molecule has 1 unspecified atom stereocenters. The SMILES string of the molecule is CCCC(C)n1ncnc1CNC1CC1. The fourth-order valence-electron chi connectivity index (χ4n) is 1.83. The molecule has 1 fully saturated rings. The van der Waals surface area contributed by atoms with Crippen molar-refractivity contribution >= 4 is 0 Å². The molecule has 0 amide bonds. The first kappa shape index (κ1) is 10.6. The Bertz CT molecular complexity index is 303. The summed E-state index contributed by atoms with van der Waals surface area (Å²) in [5.74, 6) is 1.07. The highest BCUT2D eigenvalue weighted by Crippen LogP contribution is 2.19. The van der Waals surface area contributed by atoms with Gasteiger partial charge in [-0.25, -0.2) is 9.67 Å². The highest BCUT2D eigenvalue weighted by Gasteiger charge is 2.21. The second-order valence-corrected chi connectivity index (χ2v) is 4.41. The van der Waals surface area contributed by atoms with E-state index in [2.05, 4.69) is 33.9 Å². The van der Waals surface area contributed by atoms with Gasteiger partial charge in [0.15, 0.2) is 0 Å². The predicted molar refractivity (Wildman–Crippen MR) is 59.5 cm³/mol. The van der Waals surface area contributed by atoms with Crippen molar-refractivity contribution in [2.24, 2.45) is 0 Å². The molecule has 15 heavy (non-hydrogen) atoms. The Balaban J connectivity index is 1.93. The lowest BCUT2D eigenvalue weighted by atomic mass is 10.2. The average molecular weight is 208 g/mol. The molecule has 1 saturated carbocycles. The van der Waals surface area contributed by atoms with E-state index in [1.165, 1.54) is 25.7 Å². The summed E-state index contributed by atoms with van der Waals surface area (Å²) < 4.78 is 2.05. The van der Waals surface area contributed by atoms with E-state index in [1.807, 2.05) is 0 Å². The third-order valence-corrected chi connectivity index (χ3v) is 2.90. The van der Waals surface area contributed by atoms with E-state index in [9.17, 15) is 0 Å². The van der Waals surface area contributed by atoms with Crippen LogP contribution in [0, 0.1) is 0 Å². The maximum atomic E-state index is 4.31. The average Bonchev–Trinajstić information content (AvgIpc) is 2.93. The smallest absolute Gasteiger partial charge is 0.141 e. The Hall–Kier alpha value is -0.900. The van der Waals surface area contributed by atoms with E-state index < -0.39 is 0 Å². The maximum Gasteiger partial charge on any atom is 0.141 e. The Morgan fingerprint density at radius 2 is 2.40 bits per heavy atom. The van der Waals surface area contributed by atoms with Crippen molar-refractivity contribution in [3.63, 3.8) is 0 Å². The zero-order valence-corrected chi connectivity index (χ0v) is 9.61. The molecule has 1 aromatic heterocycles. The molecule has 1 aromatic rings. The predicted octanol–water partition coefficient (Wildman–Crippen LogP) is 1.89. The van der Waals surface area contributed by atoms with Crippen molar-refractivity contribution in [3.8, 4) is 0 Å². The molecular weight excluding hydrogens is 188 g/mol. The first-order chi connectivity index (χ1) is 7.31. The monoisotopic (exact) mass is 208 g/mol. The van der Waals surface area contributed by atoms with Gasteiger partial charge < -0.3 is 5.32 Å². The van der Waals surface area contributed by atoms with Crippen LogP contribution in [0.1, 0.15) is 51.4 Å². The van der Waals surface area contributed by atoms with Gasteiger partial charge in [0.2, 0.25) is 0 Å². The number of nitrogens with one attached hydrogen (secondary N) is 1. The molecule has 4 heteroatoms. The van der Waals surface area contributed by atoms with Crippen molar-refractivity contribution in [1.29, 1.82) is 0 Å². The first-order valence-corrected chi connectivity index (χ1v) is 5.93. The van der Waals surface area contributed by atoms with E-state index in [-0.39, 0.29) is 0 Å². The Morgan fingerprint density at radius 1 is 1.60 bits per heavy atom. The first-order valence-electron chi connectivity index (χ1n) is 5.93. The van der Waals surface area contributed by atoms with Gasteiger partial charge in [-0.3, -0.25) is 0 Å². The molecule has 0 radical (unpaired) electrons. The van der Waals surface area contributed by atoms with Gasteiger partial charge in [-0.15, -0.1) is 0 Å². The molecule has 1 heterocycles. The van der Waals surface area contributed by atoms with Crippen LogP contribution in [0.15, 0.2) is 6.33 Å². The molecule has 0 aliphatic heterocycles. The largest absolute Gasteiger partial charge is 0.307 e. The Labute approximate surface area is 91.1 Å². The number of aromatic nitrogens is 3. The fourth-order valence-corrected chi connectivity index (χ4v) is 1.83. The van der Waals surface area contributed by atoms with Gasteiger partial charge in [0, 0.05) is 6.04 Å². The van der Waals surface area contributed by atoms with Gasteiger partial charge >= 0.3 is 0 Å². The Morgan fingerprint density at radius 3 is 3.07 bits per heavy atom. The van der Waals surface area contributed by atoms with Crippen LogP contribution in [0.5, 0.6) is 0 Å². The van der Waals surface area contributed by atoms with Crippen LogP contribution in [0.25, 0.3) is 0 Å². The quantitative estimate of drug-likeness (QED) is 0.776. The van der Waals surface area contributed by atoms with Crippen LogP contribution >= 0.6 is 0 Å². The minimum absolute atomic E-state index is 0.466. The van der Waals surface area contributed by atoms with Crippen molar-refractivity contribution < 1.29 is 0 Å². The van der Waals surface area contributed by atoms with E-state index in [0.717, 1.165) is 18.4 Å². The summed E-state index contributed by atoms with van der Waals surface area (Å²) in [6.45, 7) is 5.27. The van der Waals surface area contributed by atoms with Crippen LogP contribution in [0.2, 0.25) is 0 Å². The maximum absolute atomic E-state index is 4.31. The molecule has 84 valence electrons. The minimum atomic E-state index is 0.466. The van der Waals surface area contributed by atoms with Crippen molar-refractivity contribution in [2.45, 2.75) is 58.2 Å². The van der Waals surface area contributed by atoms with Crippen LogP contribution in [0.3, 0.4) is 0 Å². The van der Waals surface area contributed by atoms with Crippen molar-refractivity contribution in [1.82, 2.24) is 20.1 Å². The molecule has 4 nitrogen and oxygen atoms in total. The number of hydrogen-bond acceptors (Lipinski definition) is 3. The van der Waals surface area contributed by atoms with Gasteiger partial charge in [-0.05, 0) is 26.2 Å². The third-order valence-electron chi connectivity index (χ3n) is 2.90. The summed E-state index contributed by atoms with van der Waals surface area (Å²) in [4.78, 5) is 4.31. The van der Waals surface area contributed by atoms with Crippen LogP contribution in [-0.4, -0.2) is 20.8 Å². The fraction of sp³-hybridized carbons (Fsp3) is 0.818. The van der Waals surface area contributed by atoms with Gasteiger partial charge in [0.1, 0.15) is 12.2 Å². The molecule has 1 aliphatic rings. The minimum Gasteiger partial charge on any atom is -0.307 e.